The van der Waals surface area contributed by atoms with Crippen molar-refractivity contribution < 1.29 is 14.2 Å². The van der Waals surface area contributed by atoms with Crippen LogP contribution in [-0.2, 0) is 14.9 Å². The van der Waals surface area contributed by atoms with Gasteiger partial charge in [0, 0.05) is 35.3 Å². The van der Waals surface area contributed by atoms with E-state index in [0.717, 1.165) is 63.2 Å². The van der Waals surface area contributed by atoms with Crippen LogP contribution in [0.2, 0.25) is 0 Å². The van der Waals surface area contributed by atoms with Crippen LogP contribution in [0.25, 0.3) is 10.9 Å². The number of rotatable bonds is 1. The quantitative estimate of drug-likeness (QED) is 0.870. The standard InChI is InChI=1S/C19H24N2O3/c1-2-18-4-5-19(23-7-8-24-19)11-14(18)3-6-22-17-10-16-13(9-15(17)18)12-20-21-16/h9-10,12,14H,2-8,11H2,1H3,(H,20,21)/t14-,18+/m0/s1. The monoisotopic (exact) mass is 328 g/mol. The molecule has 1 saturated heterocycles. The predicted molar refractivity (Wildman–Crippen MR) is 90.2 cm³/mol. The third-order valence-electron chi connectivity index (χ3n) is 6.54. The molecule has 1 aromatic carbocycles. The number of aromatic amines is 1. The first-order chi connectivity index (χ1) is 11.7. The van der Waals surface area contributed by atoms with Crippen molar-refractivity contribution in [2.24, 2.45) is 5.92 Å². The Labute approximate surface area is 141 Å². The Bertz CT molecular complexity index is 765. The summed E-state index contributed by atoms with van der Waals surface area (Å²) < 4.78 is 18.2. The number of H-pyrrole nitrogens is 1. The Morgan fingerprint density at radius 2 is 2.08 bits per heavy atom. The largest absolute Gasteiger partial charge is 0.493 e. The van der Waals surface area contributed by atoms with Gasteiger partial charge in [-0.3, -0.25) is 5.10 Å². The van der Waals surface area contributed by atoms with Crippen molar-refractivity contribution in [3.63, 3.8) is 0 Å². The molecule has 2 aliphatic heterocycles. The number of benzene rings is 1. The first-order valence-corrected chi connectivity index (χ1v) is 9.13. The van der Waals surface area contributed by atoms with Gasteiger partial charge in [-0.15, -0.1) is 0 Å². The molecule has 0 unspecified atom stereocenters. The van der Waals surface area contributed by atoms with Crippen LogP contribution in [0.1, 0.15) is 44.6 Å². The van der Waals surface area contributed by atoms with E-state index in [1.165, 1.54) is 10.9 Å². The Kier molecular flexibility index (Phi) is 3.19. The Hall–Kier alpha value is -1.59. The van der Waals surface area contributed by atoms with Gasteiger partial charge in [-0.25, -0.2) is 0 Å². The Balaban J connectivity index is 1.63. The zero-order valence-corrected chi connectivity index (χ0v) is 14.1. The van der Waals surface area contributed by atoms with Gasteiger partial charge in [-0.2, -0.15) is 5.10 Å². The number of ether oxygens (including phenoxy) is 3. The van der Waals surface area contributed by atoms with E-state index in [9.17, 15) is 0 Å². The molecule has 3 heterocycles. The molecule has 24 heavy (non-hydrogen) atoms. The van der Waals surface area contributed by atoms with Crippen LogP contribution in [0.5, 0.6) is 5.75 Å². The zero-order valence-electron chi connectivity index (χ0n) is 14.1. The van der Waals surface area contributed by atoms with Gasteiger partial charge < -0.3 is 14.2 Å². The van der Waals surface area contributed by atoms with Gasteiger partial charge in [0.25, 0.3) is 0 Å². The summed E-state index contributed by atoms with van der Waals surface area (Å²) >= 11 is 0. The minimum absolute atomic E-state index is 0.151. The third-order valence-corrected chi connectivity index (χ3v) is 6.54. The molecular formula is C19H24N2O3. The van der Waals surface area contributed by atoms with Crippen LogP contribution in [-0.4, -0.2) is 35.8 Å². The molecule has 1 N–H and O–H groups in total. The van der Waals surface area contributed by atoms with E-state index in [1.807, 2.05) is 6.20 Å². The molecule has 2 fully saturated rings. The molecule has 1 spiro atoms. The fraction of sp³-hybridized carbons (Fsp3) is 0.632. The summed E-state index contributed by atoms with van der Waals surface area (Å²) in [5.41, 5.74) is 2.56. The number of hydrogen-bond donors (Lipinski definition) is 1. The van der Waals surface area contributed by atoms with Crippen molar-refractivity contribution in [2.45, 2.75) is 50.2 Å². The van der Waals surface area contributed by atoms with Crippen LogP contribution in [0.3, 0.4) is 0 Å². The Morgan fingerprint density at radius 3 is 2.92 bits per heavy atom. The molecule has 0 bridgehead atoms. The van der Waals surface area contributed by atoms with E-state index in [-0.39, 0.29) is 11.2 Å². The van der Waals surface area contributed by atoms with E-state index in [4.69, 9.17) is 14.2 Å². The lowest BCUT2D eigenvalue weighted by Gasteiger charge is -2.49. The highest BCUT2D eigenvalue weighted by molar-refractivity contribution is 5.81. The van der Waals surface area contributed by atoms with E-state index in [1.54, 1.807) is 0 Å². The first kappa shape index (κ1) is 14.7. The van der Waals surface area contributed by atoms with Crippen molar-refractivity contribution in [3.8, 4) is 5.75 Å². The van der Waals surface area contributed by atoms with Crippen molar-refractivity contribution in [1.29, 1.82) is 0 Å². The maximum atomic E-state index is 6.17. The highest BCUT2D eigenvalue weighted by Crippen LogP contribution is 2.56. The second kappa shape index (κ2) is 5.20. The molecule has 1 aliphatic carbocycles. The van der Waals surface area contributed by atoms with Crippen molar-refractivity contribution in [2.75, 3.05) is 19.8 Å². The SMILES string of the molecule is CC[C@@]12CCC3(C[C@@H]1CCOc1cc4[nH]ncc4cc12)OCCO3. The zero-order chi connectivity index (χ0) is 16.2. The average Bonchev–Trinajstić information content (AvgIpc) is 3.21. The van der Waals surface area contributed by atoms with Gasteiger partial charge in [0.15, 0.2) is 5.79 Å². The topological polar surface area (TPSA) is 56.4 Å². The van der Waals surface area contributed by atoms with Crippen LogP contribution >= 0.6 is 0 Å². The minimum atomic E-state index is -0.340. The van der Waals surface area contributed by atoms with Gasteiger partial charge in [-0.05, 0) is 31.2 Å². The molecule has 5 rings (SSSR count). The Morgan fingerprint density at radius 1 is 1.21 bits per heavy atom. The minimum Gasteiger partial charge on any atom is -0.493 e. The highest BCUT2D eigenvalue weighted by atomic mass is 16.7. The predicted octanol–water partition coefficient (Wildman–Crippen LogP) is 3.54. The van der Waals surface area contributed by atoms with Crippen LogP contribution < -0.4 is 4.74 Å². The van der Waals surface area contributed by atoms with E-state index in [0.29, 0.717) is 5.92 Å². The summed E-state index contributed by atoms with van der Waals surface area (Å²) in [4.78, 5) is 0. The van der Waals surface area contributed by atoms with E-state index < -0.39 is 0 Å². The van der Waals surface area contributed by atoms with Gasteiger partial charge >= 0.3 is 0 Å². The average molecular weight is 328 g/mol. The molecule has 1 saturated carbocycles. The number of nitrogens with one attached hydrogen (secondary N) is 1. The molecule has 128 valence electrons. The fourth-order valence-corrected chi connectivity index (χ4v) is 5.23. The summed E-state index contributed by atoms with van der Waals surface area (Å²) in [6.45, 7) is 4.54. The lowest BCUT2D eigenvalue weighted by molar-refractivity contribution is -0.199. The molecule has 5 heteroatoms. The summed E-state index contributed by atoms with van der Waals surface area (Å²) in [6, 6.07) is 4.43. The number of aromatic nitrogens is 2. The molecule has 2 atom stereocenters. The highest BCUT2D eigenvalue weighted by Gasteiger charge is 2.53. The van der Waals surface area contributed by atoms with Gasteiger partial charge in [-0.1, -0.05) is 6.92 Å². The first-order valence-electron chi connectivity index (χ1n) is 9.13. The molecule has 2 aromatic rings. The molecule has 0 amide bonds. The van der Waals surface area contributed by atoms with Gasteiger partial charge in [0.05, 0.1) is 31.5 Å². The number of nitrogens with zero attached hydrogens (tertiary/aromatic N) is 1. The lowest BCUT2D eigenvalue weighted by Crippen LogP contribution is -2.48. The second-order valence-corrected chi connectivity index (χ2v) is 7.46. The smallest absolute Gasteiger partial charge is 0.168 e. The fourth-order valence-electron chi connectivity index (χ4n) is 5.23. The normalized spacial score (nSPS) is 31.5. The van der Waals surface area contributed by atoms with E-state index >= 15 is 0 Å². The van der Waals surface area contributed by atoms with Crippen LogP contribution in [0, 0.1) is 5.92 Å². The maximum absolute atomic E-state index is 6.17. The molecule has 3 aliphatic rings. The number of fused-ring (bicyclic) bond motifs is 4. The second-order valence-electron chi connectivity index (χ2n) is 7.46. The lowest BCUT2D eigenvalue weighted by atomic mass is 9.59. The van der Waals surface area contributed by atoms with Crippen molar-refractivity contribution in [1.82, 2.24) is 10.2 Å². The van der Waals surface area contributed by atoms with E-state index in [2.05, 4.69) is 29.3 Å². The summed E-state index contributed by atoms with van der Waals surface area (Å²) in [5, 5.41) is 8.41. The van der Waals surface area contributed by atoms with Gasteiger partial charge in [0.1, 0.15) is 5.75 Å². The molecular weight excluding hydrogens is 304 g/mol. The third kappa shape index (κ3) is 1.97. The molecule has 5 nitrogen and oxygen atoms in total. The van der Waals surface area contributed by atoms with Crippen molar-refractivity contribution >= 4 is 10.9 Å². The summed E-state index contributed by atoms with van der Waals surface area (Å²) in [6.07, 6.45) is 7.13. The summed E-state index contributed by atoms with van der Waals surface area (Å²) in [7, 11) is 0. The van der Waals surface area contributed by atoms with Crippen molar-refractivity contribution in [3.05, 3.63) is 23.9 Å². The maximum Gasteiger partial charge on any atom is 0.168 e. The van der Waals surface area contributed by atoms with Crippen LogP contribution in [0.15, 0.2) is 18.3 Å². The number of hydrogen-bond acceptors (Lipinski definition) is 4. The van der Waals surface area contributed by atoms with Gasteiger partial charge in [0.2, 0.25) is 0 Å². The van der Waals surface area contributed by atoms with Crippen LogP contribution in [0.4, 0.5) is 0 Å². The summed E-state index contributed by atoms with van der Waals surface area (Å²) in [5.74, 6) is 1.22. The molecule has 0 radical (unpaired) electrons. The molecule has 1 aromatic heterocycles.